The summed E-state index contributed by atoms with van der Waals surface area (Å²) in [7, 11) is 0. The largest absolute Gasteiger partial charge is 0.384 e. The van der Waals surface area contributed by atoms with Crippen molar-refractivity contribution in [3.8, 4) is 11.8 Å². The number of rotatable bonds is 5. The maximum Gasteiger partial charge on any atom is 0.149 e. The van der Waals surface area contributed by atoms with E-state index in [1.165, 1.54) is 25.7 Å². The number of nitrogen functional groups attached to an aromatic ring is 2. The molecule has 5 N–H and O–H groups in total. The van der Waals surface area contributed by atoms with Crippen LogP contribution in [0.1, 0.15) is 56.6 Å². The molecule has 2 aliphatic rings. The molecule has 2 aromatic carbocycles. The van der Waals surface area contributed by atoms with Crippen molar-refractivity contribution in [3.63, 3.8) is 0 Å². The minimum Gasteiger partial charge on any atom is -0.384 e. The molecule has 2 saturated carbocycles. The van der Waals surface area contributed by atoms with Crippen LogP contribution in [-0.4, -0.2) is 15.6 Å². The van der Waals surface area contributed by atoms with Gasteiger partial charge in [0.05, 0.1) is 23.9 Å². The predicted octanol–water partition coefficient (Wildman–Crippen LogP) is 5.39. The Kier molecular flexibility index (Phi) is 11.1. The number of aromatic nitrogens is 2. The number of para-hydroxylation sites is 2. The third-order valence-corrected chi connectivity index (χ3v) is 6.03. The van der Waals surface area contributed by atoms with Gasteiger partial charge in [0, 0.05) is 23.6 Å². The summed E-state index contributed by atoms with van der Waals surface area (Å²) >= 11 is 0. The van der Waals surface area contributed by atoms with E-state index < -0.39 is 0 Å². The molecule has 2 fully saturated rings. The second kappa shape index (κ2) is 14.0. The molecule has 1 aromatic heterocycles. The van der Waals surface area contributed by atoms with Crippen molar-refractivity contribution >= 4 is 29.7 Å². The normalized spacial score (nSPS) is 14.4. The van der Waals surface area contributed by atoms with E-state index in [1.54, 1.807) is 0 Å². The lowest BCUT2D eigenvalue weighted by molar-refractivity contribution is -0.124. The summed E-state index contributed by atoms with van der Waals surface area (Å²) in [6.07, 6.45) is 7.15. The molecule has 180 valence electrons. The number of nitrogens with two attached hydrogens (primary N) is 2. The van der Waals surface area contributed by atoms with Crippen LogP contribution in [-0.2, 0) is 4.79 Å². The minimum atomic E-state index is 0. The molecule has 0 atom stereocenters. The Balaban J connectivity index is 0.000000195. The number of hydrazine groups is 1. The molecule has 0 amide bonds. The van der Waals surface area contributed by atoms with Gasteiger partial charge in [-0.3, -0.25) is 10.6 Å². The van der Waals surface area contributed by atoms with Gasteiger partial charge >= 0.3 is 0 Å². The first kappa shape index (κ1) is 26.9. The SMILES string of the molecule is Cl.N#CCC(=O)C1CCC1.NNc1ccccc1.Nc1cc(C2CCC2)nn1-c1ccccc1. The standard InChI is InChI=1S/C13H15N3.C7H9NO.C6H8N2.ClH/c14-13-9-12(10-5-4-6-10)15-16(13)11-7-2-1-3-8-11;8-5-4-7(9)6-2-1-3-6;7-8-6-4-2-1-3-5-6;/h1-3,7-10H,4-6,14H2;6H,1-4H2;1-5,8H,7H2;1H. The first-order valence-electron chi connectivity index (χ1n) is 11.4. The second-order valence-electron chi connectivity index (χ2n) is 8.31. The fourth-order valence-electron chi connectivity index (χ4n) is 3.58. The predicted molar refractivity (Wildman–Crippen MR) is 139 cm³/mol. The number of Topliss-reactive ketones (excluding diaryl/α,β-unsaturated/α-hetero) is 1. The molecular formula is C26H33ClN6O. The molecule has 7 nitrogen and oxygen atoms in total. The highest BCUT2D eigenvalue weighted by Crippen LogP contribution is 2.36. The zero-order chi connectivity index (χ0) is 23.5. The van der Waals surface area contributed by atoms with Crippen molar-refractivity contribution in [3.05, 3.63) is 72.4 Å². The van der Waals surface area contributed by atoms with E-state index in [-0.39, 0.29) is 30.5 Å². The molecule has 0 saturated heterocycles. The minimum absolute atomic E-state index is 0. The number of nitrogens with zero attached hydrogens (tertiary/aromatic N) is 3. The third-order valence-electron chi connectivity index (χ3n) is 6.03. The monoisotopic (exact) mass is 480 g/mol. The van der Waals surface area contributed by atoms with Crippen LogP contribution in [0, 0.1) is 17.2 Å². The van der Waals surface area contributed by atoms with Gasteiger partial charge in [0.2, 0.25) is 0 Å². The number of nitriles is 1. The van der Waals surface area contributed by atoms with Crippen molar-refractivity contribution in [1.29, 1.82) is 5.26 Å². The van der Waals surface area contributed by atoms with Crippen LogP contribution in [0.25, 0.3) is 5.69 Å². The van der Waals surface area contributed by atoms with Gasteiger partial charge < -0.3 is 11.2 Å². The number of hydrogen-bond acceptors (Lipinski definition) is 6. The van der Waals surface area contributed by atoms with E-state index >= 15 is 0 Å². The van der Waals surface area contributed by atoms with E-state index in [1.807, 2.05) is 77.5 Å². The maximum absolute atomic E-state index is 10.8. The van der Waals surface area contributed by atoms with Gasteiger partial charge in [0.1, 0.15) is 11.6 Å². The highest BCUT2D eigenvalue weighted by molar-refractivity contribution is 5.85. The summed E-state index contributed by atoms with van der Waals surface area (Å²) in [4.78, 5) is 10.8. The molecule has 3 aromatic rings. The van der Waals surface area contributed by atoms with E-state index in [0.717, 1.165) is 35.7 Å². The molecule has 1 heterocycles. The molecule has 0 aliphatic heterocycles. The lowest BCUT2D eigenvalue weighted by Gasteiger charge is -2.22. The number of anilines is 2. The number of ketones is 1. The Morgan fingerprint density at radius 2 is 1.62 bits per heavy atom. The average Bonchev–Trinajstić information content (AvgIpc) is 3.14. The molecule has 34 heavy (non-hydrogen) atoms. The summed E-state index contributed by atoms with van der Waals surface area (Å²) in [6.45, 7) is 0. The zero-order valence-corrected chi connectivity index (χ0v) is 20.1. The van der Waals surface area contributed by atoms with Crippen LogP contribution in [0.3, 0.4) is 0 Å². The highest BCUT2D eigenvalue weighted by Gasteiger charge is 2.24. The van der Waals surface area contributed by atoms with Gasteiger partial charge in [-0.05, 0) is 49.9 Å². The van der Waals surface area contributed by atoms with Gasteiger partial charge in [-0.2, -0.15) is 10.4 Å². The molecular weight excluding hydrogens is 448 g/mol. The molecule has 0 spiro atoms. The van der Waals surface area contributed by atoms with Gasteiger partial charge in [-0.25, -0.2) is 4.68 Å². The molecule has 0 unspecified atom stereocenters. The number of nitrogens with one attached hydrogen (secondary N) is 1. The summed E-state index contributed by atoms with van der Waals surface area (Å²) in [5, 5.41) is 12.7. The van der Waals surface area contributed by atoms with E-state index in [2.05, 4.69) is 10.5 Å². The van der Waals surface area contributed by atoms with Crippen LogP contribution in [0.5, 0.6) is 0 Å². The summed E-state index contributed by atoms with van der Waals surface area (Å²) in [5.41, 5.74) is 11.6. The Bertz CT molecular complexity index is 1040. The Morgan fingerprint density at radius 3 is 2.06 bits per heavy atom. The Hall–Kier alpha value is -3.34. The molecule has 0 bridgehead atoms. The Labute approximate surface area is 207 Å². The summed E-state index contributed by atoms with van der Waals surface area (Å²) in [6, 6.07) is 23.5. The maximum atomic E-state index is 10.8. The van der Waals surface area contributed by atoms with E-state index in [4.69, 9.17) is 16.8 Å². The molecule has 8 heteroatoms. The van der Waals surface area contributed by atoms with Crippen LogP contribution in [0.4, 0.5) is 11.5 Å². The highest BCUT2D eigenvalue weighted by atomic mass is 35.5. The fourth-order valence-corrected chi connectivity index (χ4v) is 3.58. The van der Waals surface area contributed by atoms with Crippen LogP contribution >= 0.6 is 12.4 Å². The van der Waals surface area contributed by atoms with E-state index in [9.17, 15) is 4.79 Å². The lowest BCUT2D eigenvalue weighted by Crippen LogP contribution is -2.20. The van der Waals surface area contributed by atoms with Crippen molar-refractivity contribution in [2.75, 3.05) is 11.2 Å². The first-order valence-corrected chi connectivity index (χ1v) is 11.4. The van der Waals surface area contributed by atoms with Crippen molar-refractivity contribution in [2.45, 2.75) is 50.9 Å². The lowest BCUT2D eigenvalue weighted by atomic mass is 9.81. The molecule has 0 radical (unpaired) electrons. The molecule has 2 aliphatic carbocycles. The quantitative estimate of drug-likeness (QED) is 0.332. The number of halogens is 1. The van der Waals surface area contributed by atoms with E-state index in [0.29, 0.717) is 5.92 Å². The summed E-state index contributed by atoms with van der Waals surface area (Å²) < 4.78 is 1.83. The molecule has 5 rings (SSSR count). The van der Waals surface area contributed by atoms with Gasteiger partial charge in [0.15, 0.2) is 0 Å². The topological polar surface area (TPSA) is 123 Å². The van der Waals surface area contributed by atoms with Gasteiger partial charge in [-0.1, -0.05) is 49.2 Å². The number of carbonyl (C=O) groups is 1. The third kappa shape index (κ3) is 7.62. The average molecular weight is 481 g/mol. The Morgan fingerprint density at radius 1 is 1.03 bits per heavy atom. The summed E-state index contributed by atoms with van der Waals surface area (Å²) in [5.74, 6) is 6.84. The van der Waals surface area contributed by atoms with Crippen LogP contribution in [0.2, 0.25) is 0 Å². The number of benzene rings is 2. The fraction of sp³-hybridized carbons (Fsp3) is 0.346. The van der Waals surface area contributed by atoms with Crippen molar-refractivity contribution in [2.24, 2.45) is 11.8 Å². The number of carbonyl (C=O) groups excluding carboxylic acids is 1. The number of hydrogen-bond donors (Lipinski definition) is 3. The van der Waals surface area contributed by atoms with Gasteiger partial charge in [0.25, 0.3) is 0 Å². The van der Waals surface area contributed by atoms with Crippen molar-refractivity contribution < 1.29 is 4.79 Å². The van der Waals surface area contributed by atoms with Gasteiger partial charge in [-0.15, -0.1) is 12.4 Å². The van der Waals surface area contributed by atoms with Crippen LogP contribution in [0.15, 0.2) is 66.7 Å². The first-order chi connectivity index (χ1) is 16.1. The smallest absolute Gasteiger partial charge is 0.149 e. The van der Waals surface area contributed by atoms with Crippen LogP contribution < -0.4 is 17.0 Å². The zero-order valence-electron chi connectivity index (χ0n) is 19.3. The van der Waals surface area contributed by atoms with Crippen molar-refractivity contribution in [1.82, 2.24) is 9.78 Å². The second-order valence-corrected chi connectivity index (χ2v) is 8.31.